The van der Waals surface area contributed by atoms with E-state index in [1.165, 1.54) is 17.8 Å². The normalized spacial score (nSPS) is 12.0. The van der Waals surface area contributed by atoms with E-state index >= 15 is 0 Å². The lowest BCUT2D eigenvalue weighted by Crippen LogP contribution is -2.26. The molecule has 0 saturated carbocycles. The van der Waals surface area contributed by atoms with Crippen LogP contribution in [-0.4, -0.2) is 21.1 Å². The largest absolute Gasteiger partial charge is 0.325 e. The maximum absolute atomic E-state index is 12.6. The monoisotopic (exact) mass is 331 g/mol. The number of amides is 1. The van der Waals surface area contributed by atoms with E-state index in [4.69, 9.17) is 0 Å². The Labute approximate surface area is 139 Å². The predicted octanol–water partition coefficient (Wildman–Crippen LogP) is 3.20. The second-order valence-electron chi connectivity index (χ2n) is 5.46. The van der Waals surface area contributed by atoms with Crippen molar-refractivity contribution in [2.45, 2.75) is 44.5 Å². The SMILES string of the molecule is CCC(Sc1nc(C)cc(=O)[nH]1)C(=O)Nc1c(C)cccc1C. The molecule has 0 radical (unpaired) electrons. The highest BCUT2D eigenvalue weighted by atomic mass is 32.2. The van der Waals surface area contributed by atoms with Gasteiger partial charge < -0.3 is 10.3 Å². The number of thioether (sulfide) groups is 1. The minimum Gasteiger partial charge on any atom is -0.325 e. The topological polar surface area (TPSA) is 74.8 Å². The molecule has 0 aliphatic heterocycles. The van der Waals surface area contributed by atoms with Gasteiger partial charge >= 0.3 is 0 Å². The Morgan fingerprint density at radius 2 is 1.96 bits per heavy atom. The fourth-order valence-corrected chi connectivity index (χ4v) is 3.24. The van der Waals surface area contributed by atoms with Crippen molar-refractivity contribution in [3.63, 3.8) is 0 Å². The van der Waals surface area contributed by atoms with Gasteiger partial charge in [0.15, 0.2) is 5.16 Å². The van der Waals surface area contributed by atoms with Crippen molar-refractivity contribution in [2.75, 3.05) is 5.32 Å². The molecule has 2 rings (SSSR count). The predicted molar refractivity (Wildman–Crippen MR) is 94.1 cm³/mol. The van der Waals surface area contributed by atoms with Crippen LogP contribution in [0, 0.1) is 20.8 Å². The van der Waals surface area contributed by atoms with Crippen molar-refractivity contribution in [1.29, 1.82) is 0 Å². The molecule has 0 spiro atoms. The highest BCUT2D eigenvalue weighted by Gasteiger charge is 2.20. The van der Waals surface area contributed by atoms with Gasteiger partial charge in [-0.2, -0.15) is 0 Å². The van der Waals surface area contributed by atoms with Crippen LogP contribution in [0.1, 0.15) is 30.2 Å². The van der Waals surface area contributed by atoms with Gasteiger partial charge in [-0.3, -0.25) is 9.59 Å². The van der Waals surface area contributed by atoms with Crippen molar-refractivity contribution in [2.24, 2.45) is 0 Å². The molecule has 1 unspecified atom stereocenters. The van der Waals surface area contributed by atoms with Gasteiger partial charge in [-0.15, -0.1) is 0 Å². The Kier molecular flexibility index (Phi) is 5.60. The third kappa shape index (κ3) is 4.45. The molecule has 1 atom stereocenters. The summed E-state index contributed by atoms with van der Waals surface area (Å²) >= 11 is 1.28. The molecule has 1 aromatic heterocycles. The number of aromatic amines is 1. The van der Waals surface area contributed by atoms with Crippen molar-refractivity contribution in [3.8, 4) is 0 Å². The summed E-state index contributed by atoms with van der Waals surface area (Å²) in [4.78, 5) is 31.0. The number of hydrogen-bond acceptors (Lipinski definition) is 4. The molecular formula is C17H21N3O2S. The van der Waals surface area contributed by atoms with E-state index in [9.17, 15) is 9.59 Å². The van der Waals surface area contributed by atoms with Crippen LogP contribution in [0.3, 0.4) is 0 Å². The number of aryl methyl sites for hydroxylation is 3. The molecule has 0 aliphatic carbocycles. The molecular weight excluding hydrogens is 310 g/mol. The zero-order valence-corrected chi connectivity index (χ0v) is 14.6. The van der Waals surface area contributed by atoms with Crippen molar-refractivity contribution < 1.29 is 4.79 Å². The summed E-state index contributed by atoms with van der Waals surface area (Å²) in [5.74, 6) is -0.0842. The van der Waals surface area contributed by atoms with Gasteiger partial charge in [0.25, 0.3) is 5.56 Å². The molecule has 5 nitrogen and oxygen atoms in total. The van der Waals surface area contributed by atoms with Crippen LogP contribution in [0.2, 0.25) is 0 Å². The van der Waals surface area contributed by atoms with Crippen molar-refractivity contribution in [1.82, 2.24) is 9.97 Å². The van der Waals surface area contributed by atoms with Crippen LogP contribution in [0.5, 0.6) is 0 Å². The summed E-state index contributed by atoms with van der Waals surface area (Å²) in [5, 5.41) is 3.15. The number of nitrogens with zero attached hydrogens (tertiary/aromatic N) is 1. The summed E-state index contributed by atoms with van der Waals surface area (Å²) in [5.41, 5.74) is 3.34. The van der Waals surface area contributed by atoms with Crippen molar-refractivity contribution in [3.05, 3.63) is 51.4 Å². The number of H-pyrrole nitrogens is 1. The summed E-state index contributed by atoms with van der Waals surface area (Å²) in [7, 11) is 0. The molecule has 1 heterocycles. The van der Waals surface area contributed by atoms with Crippen LogP contribution in [-0.2, 0) is 4.79 Å². The van der Waals surface area contributed by atoms with Crippen LogP contribution < -0.4 is 10.9 Å². The number of nitrogens with one attached hydrogen (secondary N) is 2. The first-order valence-electron chi connectivity index (χ1n) is 7.52. The smallest absolute Gasteiger partial charge is 0.251 e. The van der Waals surface area contributed by atoms with Crippen LogP contribution in [0.4, 0.5) is 5.69 Å². The summed E-state index contributed by atoms with van der Waals surface area (Å²) in [6.07, 6.45) is 0.638. The van der Waals surface area contributed by atoms with E-state index in [1.807, 2.05) is 39.0 Å². The van der Waals surface area contributed by atoms with Crippen molar-refractivity contribution >= 4 is 23.4 Å². The quantitative estimate of drug-likeness (QED) is 0.652. The third-order valence-corrected chi connectivity index (χ3v) is 4.74. The molecule has 0 bridgehead atoms. The minimum atomic E-state index is -0.320. The number of rotatable bonds is 5. The van der Waals surface area contributed by atoms with Gasteiger partial charge in [0, 0.05) is 17.4 Å². The second kappa shape index (κ2) is 7.46. The first-order chi connectivity index (χ1) is 10.9. The van der Waals surface area contributed by atoms with E-state index in [2.05, 4.69) is 15.3 Å². The Hall–Kier alpha value is -2.08. The molecule has 0 aliphatic rings. The Bertz CT molecular complexity index is 750. The summed E-state index contributed by atoms with van der Waals surface area (Å²) < 4.78 is 0. The first kappa shape index (κ1) is 17.3. The number of hydrogen-bond donors (Lipinski definition) is 2. The lowest BCUT2D eigenvalue weighted by atomic mass is 10.1. The Morgan fingerprint density at radius 3 is 2.52 bits per heavy atom. The highest BCUT2D eigenvalue weighted by Crippen LogP contribution is 2.25. The fourth-order valence-electron chi connectivity index (χ4n) is 2.28. The molecule has 2 N–H and O–H groups in total. The van der Waals surface area contributed by atoms with E-state index in [1.54, 1.807) is 6.92 Å². The van der Waals surface area contributed by atoms with Gasteiger partial charge in [0.1, 0.15) is 0 Å². The van der Waals surface area contributed by atoms with Crippen LogP contribution in [0.25, 0.3) is 0 Å². The average molecular weight is 331 g/mol. The number of aromatic nitrogens is 2. The summed E-state index contributed by atoms with van der Waals surface area (Å²) in [6.45, 7) is 7.64. The zero-order valence-electron chi connectivity index (χ0n) is 13.8. The van der Waals surface area contributed by atoms with Gasteiger partial charge in [0.2, 0.25) is 5.91 Å². The third-order valence-electron chi connectivity index (χ3n) is 3.49. The molecule has 0 fully saturated rings. The molecule has 2 aromatic rings. The van der Waals surface area contributed by atoms with Crippen LogP contribution in [0.15, 0.2) is 34.2 Å². The van der Waals surface area contributed by atoms with Gasteiger partial charge in [-0.25, -0.2) is 4.98 Å². The number of anilines is 1. The fraction of sp³-hybridized carbons (Fsp3) is 0.353. The van der Waals surface area contributed by atoms with E-state index in [0.29, 0.717) is 17.3 Å². The molecule has 122 valence electrons. The van der Waals surface area contributed by atoms with Gasteiger partial charge in [0.05, 0.1) is 5.25 Å². The molecule has 23 heavy (non-hydrogen) atoms. The minimum absolute atomic E-state index is 0.0842. The molecule has 1 amide bonds. The molecule has 6 heteroatoms. The maximum atomic E-state index is 12.6. The lowest BCUT2D eigenvalue weighted by Gasteiger charge is -2.17. The Morgan fingerprint density at radius 1 is 1.30 bits per heavy atom. The van der Waals surface area contributed by atoms with Gasteiger partial charge in [-0.1, -0.05) is 36.9 Å². The number of para-hydroxylation sites is 1. The average Bonchev–Trinajstić information content (AvgIpc) is 2.47. The zero-order chi connectivity index (χ0) is 17.0. The van der Waals surface area contributed by atoms with E-state index in [-0.39, 0.29) is 16.7 Å². The first-order valence-corrected chi connectivity index (χ1v) is 8.40. The summed E-state index contributed by atoms with van der Waals surface area (Å²) in [6, 6.07) is 7.34. The van der Waals surface area contributed by atoms with E-state index in [0.717, 1.165) is 16.8 Å². The second-order valence-corrected chi connectivity index (χ2v) is 6.65. The van der Waals surface area contributed by atoms with Gasteiger partial charge in [-0.05, 0) is 38.3 Å². The standard InChI is InChI=1S/C17H21N3O2S/c1-5-13(23-17-18-12(4)9-14(21)19-17)16(22)20-15-10(2)7-6-8-11(15)3/h6-9,13H,5H2,1-4H3,(H,20,22)(H,18,19,21). The molecule has 0 saturated heterocycles. The number of carbonyl (C=O) groups excluding carboxylic acids is 1. The van der Waals surface area contributed by atoms with E-state index < -0.39 is 0 Å². The number of benzene rings is 1. The Balaban J connectivity index is 2.17. The number of carbonyl (C=O) groups is 1. The van der Waals surface area contributed by atoms with Crippen LogP contribution >= 0.6 is 11.8 Å². The highest BCUT2D eigenvalue weighted by molar-refractivity contribution is 8.00. The lowest BCUT2D eigenvalue weighted by molar-refractivity contribution is -0.115. The maximum Gasteiger partial charge on any atom is 0.251 e. The molecule has 1 aromatic carbocycles.